The van der Waals surface area contributed by atoms with Crippen molar-refractivity contribution in [2.24, 2.45) is 16.1 Å². The van der Waals surface area contributed by atoms with Crippen LogP contribution < -0.4 is 5.73 Å². The number of hydrogen-bond acceptors (Lipinski definition) is 1. The molecule has 1 rings (SSSR count). The van der Waals surface area contributed by atoms with Crippen LogP contribution in [-0.2, 0) is 0 Å². The predicted octanol–water partition coefficient (Wildman–Crippen LogP) is 3.61. The molecule has 1 aromatic rings. The van der Waals surface area contributed by atoms with Gasteiger partial charge in [0, 0.05) is 5.56 Å². The number of nitrogens with zero attached hydrogens (tertiary/aromatic N) is 1. The summed E-state index contributed by atoms with van der Waals surface area (Å²) in [5.41, 5.74) is 7.17. The Balaban J connectivity index is 2.88. The van der Waals surface area contributed by atoms with Gasteiger partial charge in [0.2, 0.25) is 0 Å². The lowest BCUT2D eigenvalue weighted by molar-refractivity contribution is 0.288. The minimum Gasteiger partial charge on any atom is -0.383 e. The van der Waals surface area contributed by atoms with Gasteiger partial charge in [-0.3, -0.25) is 4.99 Å². The van der Waals surface area contributed by atoms with Crippen LogP contribution in [0.25, 0.3) is 0 Å². The van der Waals surface area contributed by atoms with E-state index in [1.165, 1.54) is 0 Å². The van der Waals surface area contributed by atoms with Gasteiger partial charge in [-0.25, -0.2) is 0 Å². The molecule has 0 fully saturated rings. The molecule has 0 radical (unpaired) electrons. The lowest BCUT2D eigenvalue weighted by Gasteiger charge is -2.29. The highest BCUT2D eigenvalue weighted by Crippen LogP contribution is 2.29. The second-order valence-electron chi connectivity index (χ2n) is 6.41. The standard InChI is InChI=1S/C15H24N2/c1-14(2,3)11-15(4,5)17-13(16)12-9-7-6-8-10-12/h6-10H,11H2,1-5H3,(H2,16,17). The van der Waals surface area contributed by atoms with Gasteiger partial charge in [0.15, 0.2) is 0 Å². The summed E-state index contributed by atoms with van der Waals surface area (Å²) < 4.78 is 0. The van der Waals surface area contributed by atoms with E-state index < -0.39 is 0 Å². The van der Waals surface area contributed by atoms with E-state index >= 15 is 0 Å². The quantitative estimate of drug-likeness (QED) is 0.627. The Morgan fingerprint density at radius 2 is 1.59 bits per heavy atom. The molecule has 0 saturated carbocycles. The lowest BCUT2D eigenvalue weighted by Crippen LogP contribution is -2.29. The van der Waals surface area contributed by atoms with E-state index in [-0.39, 0.29) is 11.0 Å². The Bertz CT molecular complexity index is 383. The van der Waals surface area contributed by atoms with Crippen molar-refractivity contribution < 1.29 is 0 Å². The van der Waals surface area contributed by atoms with Crippen molar-refractivity contribution in [2.75, 3.05) is 0 Å². The second kappa shape index (κ2) is 4.91. The van der Waals surface area contributed by atoms with Crippen molar-refractivity contribution in [3.63, 3.8) is 0 Å². The monoisotopic (exact) mass is 232 g/mol. The van der Waals surface area contributed by atoms with Crippen LogP contribution in [0, 0.1) is 5.41 Å². The summed E-state index contributed by atoms with van der Waals surface area (Å²) in [7, 11) is 0. The van der Waals surface area contributed by atoms with Gasteiger partial charge < -0.3 is 5.73 Å². The lowest BCUT2D eigenvalue weighted by atomic mass is 9.82. The Kier molecular flexibility index (Phi) is 3.97. The molecule has 17 heavy (non-hydrogen) atoms. The van der Waals surface area contributed by atoms with Crippen molar-refractivity contribution in [2.45, 2.75) is 46.6 Å². The number of hydrogen-bond donors (Lipinski definition) is 1. The first kappa shape index (κ1) is 13.8. The normalized spacial score (nSPS) is 13.8. The molecule has 0 spiro atoms. The van der Waals surface area contributed by atoms with Crippen LogP contribution >= 0.6 is 0 Å². The fourth-order valence-electron chi connectivity index (χ4n) is 2.34. The third-order valence-corrected chi connectivity index (χ3v) is 2.46. The molecule has 0 aliphatic rings. The summed E-state index contributed by atoms with van der Waals surface area (Å²) in [4.78, 5) is 4.66. The molecule has 0 amide bonds. The van der Waals surface area contributed by atoms with Crippen LogP contribution in [0.4, 0.5) is 0 Å². The van der Waals surface area contributed by atoms with Gasteiger partial charge in [0.05, 0.1) is 5.54 Å². The molecule has 0 aromatic heterocycles. The van der Waals surface area contributed by atoms with Crippen molar-refractivity contribution in [3.8, 4) is 0 Å². The van der Waals surface area contributed by atoms with Crippen LogP contribution in [0.3, 0.4) is 0 Å². The summed E-state index contributed by atoms with van der Waals surface area (Å²) in [6.45, 7) is 10.9. The first-order chi connectivity index (χ1) is 7.70. The molecule has 0 atom stereocenters. The van der Waals surface area contributed by atoms with Crippen molar-refractivity contribution in [3.05, 3.63) is 35.9 Å². The van der Waals surface area contributed by atoms with E-state index in [0.717, 1.165) is 12.0 Å². The molecule has 2 N–H and O–H groups in total. The van der Waals surface area contributed by atoms with E-state index in [9.17, 15) is 0 Å². The average Bonchev–Trinajstić information content (AvgIpc) is 2.14. The van der Waals surface area contributed by atoms with E-state index in [1.54, 1.807) is 0 Å². The number of amidine groups is 1. The fourth-order valence-corrected chi connectivity index (χ4v) is 2.34. The maximum absolute atomic E-state index is 6.05. The van der Waals surface area contributed by atoms with Crippen LogP contribution in [0.15, 0.2) is 35.3 Å². The van der Waals surface area contributed by atoms with Gasteiger partial charge in [-0.1, -0.05) is 51.1 Å². The van der Waals surface area contributed by atoms with Crippen LogP contribution in [-0.4, -0.2) is 11.4 Å². The summed E-state index contributed by atoms with van der Waals surface area (Å²) in [5, 5.41) is 0. The maximum Gasteiger partial charge on any atom is 0.126 e. The summed E-state index contributed by atoms with van der Waals surface area (Å²) in [6.07, 6.45) is 1.01. The molecule has 0 bridgehead atoms. The summed E-state index contributed by atoms with van der Waals surface area (Å²) >= 11 is 0. The second-order valence-corrected chi connectivity index (χ2v) is 6.41. The number of rotatable bonds is 3. The van der Waals surface area contributed by atoms with E-state index in [1.807, 2.05) is 30.3 Å². The minimum absolute atomic E-state index is 0.127. The number of aliphatic imine (C=N–C) groups is 1. The molecule has 0 aliphatic carbocycles. The van der Waals surface area contributed by atoms with Crippen molar-refractivity contribution in [1.29, 1.82) is 0 Å². The Morgan fingerprint density at radius 3 is 2.06 bits per heavy atom. The first-order valence-electron chi connectivity index (χ1n) is 6.10. The molecular formula is C15H24N2. The number of nitrogens with two attached hydrogens (primary N) is 1. The molecular weight excluding hydrogens is 208 g/mol. The number of benzene rings is 1. The fraction of sp³-hybridized carbons (Fsp3) is 0.533. The molecule has 2 heteroatoms. The smallest absolute Gasteiger partial charge is 0.126 e. The molecule has 0 aliphatic heterocycles. The molecule has 0 saturated heterocycles. The zero-order valence-electron chi connectivity index (χ0n) is 11.6. The van der Waals surface area contributed by atoms with Crippen molar-refractivity contribution in [1.82, 2.24) is 0 Å². The molecule has 94 valence electrons. The van der Waals surface area contributed by atoms with Crippen LogP contribution in [0.5, 0.6) is 0 Å². The summed E-state index contributed by atoms with van der Waals surface area (Å²) in [6, 6.07) is 9.93. The van der Waals surface area contributed by atoms with Crippen LogP contribution in [0.1, 0.15) is 46.6 Å². The highest BCUT2D eigenvalue weighted by atomic mass is 14.9. The molecule has 0 heterocycles. The average molecular weight is 232 g/mol. The third kappa shape index (κ3) is 5.03. The molecule has 0 unspecified atom stereocenters. The third-order valence-electron chi connectivity index (χ3n) is 2.46. The highest BCUT2D eigenvalue weighted by molar-refractivity contribution is 5.97. The van der Waals surface area contributed by atoms with Gasteiger partial charge >= 0.3 is 0 Å². The molecule has 1 aromatic carbocycles. The SMILES string of the molecule is CC(C)(C)CC(C)(C)N=C(N)c1ccccc1. The predicted molar refractivity (Wildman–Crippen MR) is 75.3 cm³/mol. The van der Waals surface area contributed by atoms with Crippen molar-refractivity contribution >= 4 is 5.84 Å². The topological polar surface area (TPSA) is 38.4 Å². The highest BCUT2D eigenvalue weighted by Gasteiger charge is 2.25. The largest absolute Gasteiger partial charge is 0.383 e. The minimum atomic E-state index is -0.127. The maximum atomic E-state index is 6.05. The van der Waals surface area contributed by atoms with Gasteiger partial charge in [-0.05, 0) is 25.7 Å². The molecule has 2 nitrogen and oxygen atoms in total. The van der Waals surface area contributed by atoms with E-state index in [2.05, 4.69) is 39.6 Å². The Morgan fingerprint density at radius 1 is 1.06 bits per heavy atom. The van der Waals surface area contributed by atoms with Gasteiger partial charge in [-0.15, -0.1) is 0 Å². The van der Waals surface area contributed by atoms with Gasteiger partial charge in [0.1, 0.15) is 5.84 Å². The van der Waals surface area contributed by atoms with Gasteiger partial charge in [-0.2, -0.15) is 0 Å². The van der Waals surface area contributed by atoms with Crippen LogP contribution in [0.2, 0.25) is 0 Å². The summed E-state index contributed by atoms with van der Waals surface area (Å²) in [5.74, 6) is 0.625. The Labute approximate surface area is 105 Å². The Hall–Kier alpha value is -1.31. The zero-order valence-corrected chi connectivity index (χ0v) is 11.6. The van der Waals surface area contributed by atoms with Gasteiger partial charge in [0.25, 0.3) is 0 Å². The van der Waals surface area contributed by atoms with E-state index in [0.29, 0.717) is 5.84 Å². The first-order valence-corrected chi connectivity index (χ1v) is 6.10. The van der Waals surface area contributed by atoms with E-state index in [4.69, 9.17) is 5.73 Å². The zero-order chi connectivity index (χ0) is 13.1.